The highest BCUT2D eigenvalue weighted by atomic mass is 32.2. The molecule has 1 amide bonds. The highest BCUT2D eigenvalue weighted by molar-refractivity contribution is 7.89. The molecule has 0 unspecified atom stereocenters. The fourth-order valence-corrected chi connectivity index (χ4v) is 3.74. The molecule has 0 bridgehead atoms. The number of sulfonamides is 1. The number of nitrogens with one attached hydrogen (secondary N) is 1. The molecule has 0 heterocycles. The number of amides is 1. The molecule has 0 spiro atoms. The average molecular weight is 356 g/mol. The van der Waals surface area contributed by atoms with Crippen molar-refractivity contribution >= 4 is 21.9 Å². The van der Waals surface area contributed by atoms with E-state index in [1.807, 2.05) is 0 Å². The number of hydrogen-bond acceptors (Lipinski definition) is 4. The van der Waals surface area contributed by atoms with Gasteiger partial charge in [0.25, 0.3) is 5.91 Å². The van der Waals surface area contributed by atoms with Crippen molar-refractivity contribution in [3.05, 3.63) is 29.3 Å². The molecular weight excluding hydrogens is 332 g/mol. The molecule has 0 saturated carbocycles. The number of aryl methyl sites for hydroxylation is 1. The molecule has 0 fully saturated rings. The number of benzene rings is 1. The van der Waals surface area contributed by atoms with Gasteiger partial charge in [-0.1, -0.05) is 19.9 Å². The Kier molecular flexibility index (Phi) is 7.37. The lowest BCUT2D eigenvalue weighted by Gasteiger charge is -2.19. The highest BCUT2D eigenvalue weighted by Gasteiger charge is 2.23. The summed E-state index contributed by atoms with van der Waals surface area (Å²) in [6.45, 7) is 6.15. The van der Waals surface area contributed by atoms with Crippen LogP contribution in [0.4, 0.5) is 0 Å². The van der Waals surface area contributed by atoms with Crippen LogP contribution in [-0.4, -0.2) is 49.3 Å². The van der Waals surface area contributed by atoms with E-state index in [1.165, 1.54) is 16.4 Å². The third kappa shape index (κ3) is 5.04. The molecule has 0 aromatic heterocycles. The van der Waals surface area contributed by atoms with Crippen molar-refractivity contribution in [3.63, 3.8) is 0 Å². The smallest absolute Gasteiger partial charge is 0.303 e. The van der Waals surface area contributed by atoms with Crippen molar-refractivity contribution in [1.82, 2.24) is 9.62 Å². The van der Waals surface area contributed by atoms with Crippen molar-refractivity contribution in [2.75, 3.05) is 19.6 Å². The first kappa shape index (κ1) is 20.1. The summed E-state index contributed by atoms with van der Waals surface area (Å²) in [6, 6.07) is 4.46. The number of carboxylic acids is 1. The van der Waals surface area contributed by atoms with E-state index < -0.39 is 21.9 Å². The van der Waals surface area contributed by atoms with Crippen molar-refractivity contribution in [2.45, 2.75) is 38.5 Å². The Hall–Kier alpha value is -1.93. The van der Waals surface area contributed by atoms with Crippen molar-refractivity contribution in [1.29, 1.82) is 0 Å². The molecule has 0 radical (unpaired) electrons. The summed E-state index contributed by atoms with van der Waals surface area (Å²) < 4.78 is 26.4. The summed E-state index contributed by atoms with van der Waals surface area (Å²) in [4.78, 5) is 22.8. The molecule has 8 heteroatoms. The topological polar surface area (TPSA) is 104 Å². The van der Waals surface area contributed by atoms with Crippen LogP contribution < -0.4 is 5.32 Å². The van der Waals surface area contributed by atoms with Gasteiger partial charge in [-0.25, -0.2) is 8.42 Å². The maximum absolute atomic E-state index is 12.5. The van der Waals surface area contributed by atoms with Crippen molar-refractivity contribution in [2.24, 2.45) is 0 Å². The van der Waals surface area contributed by atoms with Crippen molar-refractivity contribution in [3.8, 4) is 0 Å². The van der Waals surface area contributed by atoms with E-state index in [0.717, 1.165) is 0 Å². The number of carbonyl (C=O) groups is 2. The highest BCUT2D eigenvalue weighted by Crippen LogP contribution is 2.19. The van der Waals surface area contributed by atoms with Gasteiger partial charge < -0.3 is 10.4 Å². The van der Waals surface area contributed by atoms with Gasteiger partial charge in [0.05, 0.1) is 4.90 Å². The summed E-state index contributed by atoms with van der Waals surface area (Å²) >= 11 is 0. The lowest BCUT2D eigenvalue weighted by molar-refractivity contribution is -0.137. The first-order chi connectivity index (χ1) is 11.2. The molecule has 1 rings (SSSR count). The first-order valence-electron chi connectivity index (χ1n) is 7.84. The Balaban J connectivity index is 2.97. The van der Waals surface area contributed by atoms with Gasteiger partial charge in [-0.3, -0.25) is 9.59 Å². The Labute approximate surface area is 142 Å². The molecule has 7 nitrogen and oxygen atoms in total. The minimum Gasteiger partial charge on any atom is -0.481 e. The van der Waals surface area contributed by atoms with E-state index in [-0.39, 0.29) is 23.4 Å². The zero-order chi connectivity index (χ0) is 18.3. The summed E-state index contributed by atoms with van der Waals surface area (Å²) in [7, 11) is -3.63. The second-order valence-corrected chi connectivity index (χ2v) is 7.26. The van der Waals surface area contributed by atoms with Gasteiger partial charge in [-0.05, 0) is 31.0 Å². The summed E-state index contributed by atoms with van der Waals surface area (Å²) in [5.74, 6) is -1.33. The van der Waals surface area contributed by atoms with Crippen LogP contribution in [0, 0.1) is 6.92 Å². The number of aliphatic carboxylic acids is 1. The predicted molar refractivity (Wildman–Crippen MR) is 90.5 cm³/mol. The lowest BCUT2D eigenvalue weighted by atomic mass is 10.1. The molecule has 24 heavy (non-hydrogen) atoms. The predicted octanol–water partition coefficient (Wildman–Crippen LogP) is 1.62. The average Bonchev–Trinajstić information content (AvgIpc) is 2.52. The second kappa shape index (κ2) is 8.79. The molecule has 1 aromatic carbocycles. The Morgan fingerprint density at radius 2 is 1.83 bits per heavy atom. The summed E-state index contributed by atoms with van der Waals surface area (Å²) in [5, 5.41) is 11.2. The van der Waals surface area contributed by atoms with Crippen LogP contribution >= 0.6 is 0 Å². The van der Waals surface area contributed by atoms with E-state index in [0.29, 0.717) is 25.1 Å². The van der Waals surface area contributed by atoms with Crippen LogP contribution in [0.3, 0.4) is 0 Å². The summed E-state index contributed by atoms with van der Waals surface area (Å²) in [5.41, 5.74) is 0.933. The molecule has 1 aromatic rings. The van der Waals surface area contributed by atoms with E-state index in [4.69, 9.17) is 5.11 Å². The minimum atomic E-state index is -3.63. The van der Waals surface area contributed by atoms with Crippen LogP contribution in [0.25, 0.3) is 0 Å². The molecule has 0 atom stereocenters. The van der Waals surface area contributed by atoms with Gasteiger partial charge in [-0.2, -0.15) is 4.31 Å². The minimum absolute atomic E-state index is 0.0321. The van der Waals surface area contributed by atoms with Gasteiger partial charge in [0.1, 0.15) is 0 Å². The Bertz CT molecular complexity index is 696. The van der Waals surface area contributed by atoms with E-state index in [2.05, 4.69) is 5.32 Å². The molecule has 0 aliphatic rings. The standard InChI is InChI=1S/C16H24N2O5S/c1-4-18(5-2)24(22,23)13-9-8-12(3)14(11-13)16(21)17-10-6-7-15(19)20/h8-9,11H,4-7,10H2,1-3H3,(H,17,21)(H,19,20). The van der Waals surface area contributed by atoms with E-state index in [1.54, 1.807) is 26.8 Å². The quantitative estimate of drug-likeness (QED) is 0.654. The third-order valence-corrected chi connectivity index (χ3v) is 5.70. The van der Waals surface area contributed by atoms with Crippen LogP contribution in [0.5, 0.6) is 0 Å². The third-order valence-electron chi connectivity index (χ3n) is 3.65. The maximum atomic E-state index is 12.5. The number of carboxylic acid groups (broad SMARTS) is 1. The largest absolute Gasteiger partial charge is 0.481 e. The zero-order valence-electron chi connectivity index (χ0n) is 14.2. The fourth-order valence-electron chi connectivity index (χ4n) is 2.26. The Morgan fingerprint density at radius 3 is 2.38 bits per heavy atom. The zero-order valence-corrected chi connectivity index (χ0v) is 15.0. The molecule has 134 valence electrons. The van der Waals surface area contributed by atoms with E-state index >= 15 is 0 Å². The maximum Gasteiger partial charge on any atom is 0.303 e. The number of nitrogens with zero attached hydrogens (tertiary/aromatic N) is 1. The lowest BCUT2D eigenvalue weighted by Crippen LogP contribution is -2.31. The summed E-state index contributed by atoms with van der Waals surface area (Å²) in [6.07, 6.45) is 0.285. The molecule has 0 aliphatic carbocycles. The van der Waals surface area contributed by atoms with Crippen LogP contribution in [-0.2, 0) is 14.8 Å². The first-order valence-corrected chi connectivity index (χ1v) is 9.28. The number of hydrogen-bond donors (Lipinski definition) is 2. The fraction of sp³-hybridized carbons (Fsp3) is 0.500. The second-order valence-electron chi connectivity index (χ2n) is 5.32. The monoisotopic (exact) mass is 356 g/mol. The van der Waals surface area contributed by atoms with Crippen molar-refractivity contribution < 1.29 is 23.1 Å². The number of rotatable bonds is 9. The molecule has 0 saturated heterocycles. The van der Waals surface area contributed by atoms with Gasteiger partial charge in [0.15, 0.2) is 0 Å². The molecule has 0 aliphatic heterocycles. The molecule has 2 N–H and O–H groups in total. The van der Waals surface area contributed by atoms with Gasteiger partial charge in [0, 0.05) is 31.6 Å². The van der Waals surface area contributed by atoms with Crippen LogP contribution in [0.2, 0.25) is 0 Å². The Morgan fingerprint density at radius 1 is 1.21 bits per heavy atom. The van der Waals surface area contributed by atoms with Gasteiger partial charge in [0.2, 0.25) is 10.0 Å². The number of carbonyl (C=O) groups excluding carboxylic acids is 1. The SMILES string of the molecule is CCN(CC)S(=O)(=O)c1ccc(C)c(C(=O)NCCCC(=O)O)c1. The molecular formula is C16H24N2O5S. The van der Waals surface area contributed by atoms with E-state index in [9.17, 15) is 18.0 Å². The van der Waals surface area contributed by atoms with Crippen LogP contribution in [0.1, 0.15) is 42.6 Å². The van der Waals surface area contributed by atoms with Gasteiger partial charge >= 0.3 is 5.97 Å². The normalized spacial score (nSPS) is 11.5. The van der Waals surface area contributed by atoms with Crippen LogP contribution in [0.15, 0.2) is 23.1 Å². The van der Waals surface area contributed by atoms with Gasteiger partial charge in [-0.15, -0.1) is 0 Å².